The molecule has 0 aliphatic carbocycles. The van der Waals surface area contributed by atoms with Crippen LogP contribution in [0.5, 0.6) is 11.5 Å². The van der Waals surface area contributed by atoms with Gasteiger partial charge >= 0.3 is 11.9 Å². The summed E-state index contributed by atoms with van der Waals surface area (Å²) in [7, 11) is 0. The van der Waals surface area contributed by atoms with Gasteiger partial charge in [0.15, 0.2) is 0 Å². The molecular formula is C40H42N2O9. The smallest absolute Gasteiger partial charge is 0.311 e. The fourth-order valence-corrected chi connectivity index (χ4v) is 6.31. The molecule has 0 spiro atoms. The van der Waals surface area contributed by atoms with Gasteiger partial charge in [0, 0.05) is 37.4 Å². The van der Waals surface area contributed by atoms with Crippen molar-refractivity contribution in [2.75, 3.05) is 52.7 Å². The average molecular weight is 695 g/mol. The lowest BCUT2D eigenvalue weighted by atomic mass is 9.90. The quantitative estimate of drug-likeness (QED) is 0.144. The van der Waals surface area contributed by atoms with Crippen molar-refractivity contribution < 1.29 is 42.9 Å². The lowest BCUT2D eigenvalue weighted by Gasteiger charge is -2.20. The van der Waals surface area contributed by atoms with Crippen molar-refractivity contribution in [3.05, 3.63) is 95.1 Å². The fourth-order valence-electron chi connectivity index (χ4n) is 6.31. The van der Waals surface area contributed by atoms with Crippen LogP contribution in [0.1, 0.15) is 57.5 Å². The van der Waals surface area contributed by atoms with E-state index in [4.69, 9.17) is 23.7 Å². The predicted octanol–water partition coefficient (Wildman–Crippen LogP) is 5.24. The van der Waals surface area contributed by atoms with E-state index in [2.05, 4.69) is 17.2 Å². The van der Waals surface area contributed by atoms with E-state index >= 15 is 0 Å². The van der Waals surface area contributed by atoms with Gasteiger partial charge < -0.3 is 34.3 Å². The second kappa shape index (κ2) is 17.2. The third kappa shape index (κ3) is 8.99. The van der Waals surface area contributed by atoms with Gasteiger partial charge in [0.2, 0.25) is 0 Å². The number of carbonyl (C=O) groups is 4. The van der Waals surface area contributed by atoms with Crippen LogP contribution in [0.3, 0.4) is 0 Å². The van der Waals surface area contributed by atoms with Gasteiger partial charge in [-0.3, -0.25) is 19.2 Å². The highest BCUT2D eigenvalue weighted by Gasteiger charge is 2.27. The van der Waals surface area contributed by atoms with Crippen LogP contribution in [-0.4, -0.2) is 76.5 Å². The molecule has 11 nitrogen and oxygen atoms in total. The van der Waals surface area contributed by atoms with Crippen molar-refractivity contribution in [2.45, 2.75) is 38.5 Å². The topological polar surface area (TPSA) is 138 Å². The third-order valence-corrected chi connectivity index (χ3v) is 8.76. The second-order valence-electron chi connectivity index (χ2n) is 12.5. The Morgan fingerprint density at radius 3 is 1.41 bits per heavy atom. The molecule has 4 aromatic carbocycles. The standard InChI is InChI=1S/C40H42N2O9/c1-26-22-31-29-10-4-2-8-27(29)24-33-37(31)50-35(43)12-13-36(44)51-38-32(23-26)30-11-5-3-9-28(30)25-34(38)40(46)42-15-7-17-48-19-21-49-20-18-47-16-6-14-41-39(33)45/h2-5,8-11,24-25H,1,6-7,12-23H2,(H,41,45)(H,42,46). The zero-order valence-corrected chi connectivity index (χ0v) is 28.6. The molecule has 6 rings (SSSR count). The number of rotatable bonds is 0. The molecular weight excluding hydrogens is 652 g/mol. The van der Waals surface area contributed by atoms with Crippen LogP contribution in [0.25, 0.3) is 21.5 Å². The number of fused-ring (bicyclic) bond motifs is 4. The van der Waals surface area contributed by atoms with E-state index in [0.29, 0.717) is 82.3 Å². The van der Waals surface area contributed by atoms with Crippen LogP contribution < -0.4 is 20.1 Å². The number of hydrogen-bond acceptors (Lipinski definition) is 9. The summed E-state index contributed by atoms with van der Waals surface area (Å²) in [5.41, 5.74) is 2.33. The molecule has 266 valence electrons. The van der Waals surface area contributed by atoms with Gasteiger partial charge in [-0.15, -0.1) is 0 Å². The third-order valence-electron chi connectivity index (χ3n) is 8.76. The van der Waals surface area contributed by atoms with Gasteiger partial charge in [-0.25, -0.2) is 0 Å². The van der Waals surface area contributed by atoms with Crippen LogP contribution in [0.4, 0.5) is 0 Å². The van der Waals surface area contributed by atoms with Crippen molar-refractivity contribution in [3.8, 4) is 11.5 Å². The van der Waals surface area contributed by atoms with E-state index < -0.39 is 23.8 Å². The molecule has 2 aliphatic rings. The molecule has 0 saturated carbocycles. The normalized spacial score (nSPS) is 18.1. The van der Waals surface area contributed by atoms with Crippen LogP contribution >= 0.6 is 0 Å². The number of esters is 2. The van der Waals surface area contributed by atoms with E-state index in [0.717, 1.165) is 21.5 Å². The first-order chi connectivity index (χ1) is 24.9. The van der Waals surface area contributed by atoms with E-state index in [1.165, 1.54) is 0 Å². The maximum Gasteiger partial charge on any atom is 0.311 e. The van der Waals surface area contributed by atoms with Gasteiger partial charge in [0.05, 0.1) is 50.4 Å². The summed E-state index contributed by atoms with van der Waals surface area (Å²) in [6, 6.07) is 18.6. The lowest BCUT2D eigenvalue weighted by molar-refractivity contribution is -0.140. The molecule has 0 atom stereocenters. The zero-order valence-electron chi connectivity index (χ0n) is 28.6. The lowest BCUT2D eigenvalue weighted by Crippen LogP contribution is -2.27. The second-order valence-corrected chi connectivity index (χ2v) is 12.5. The molecule has 0 aromatic heterocycles. The van der Waals surface area contributed by atoms with E-state index in [9.17, 15) is 19.2 Å². The maximum absolute atomic E-state index is 13.7. The molecule has 2 aliphatic heterocycles. The Bertz CT molecular complexity index is 1820. The molecule has 2 N–H and O–H groups in total. The molecule has 11 heteroatoms. The van der Waals surface area contributed by atoms with Crippen molar-refractivity contribution in [1.82, 2.24) is 10.6 Å². The Morgan fingerprint density at radius 2 is 0.961 bits per heavy atom. The fraction of sp³-hybridized carbons (Fsp3) is 0.350. The number of amides is 2. The molecule has 4 aromatic rings. The van der Waals surface area contributed by atoms with Crippen molar-refractivity contribution in [2.24, 2.45) is 0 Å². The van der Waals surface area contributed by atoms with E-state index in [1.54, 1.807) is 12.1 Å². The summed E-state index contributed by atoms with van der Waals surface area (Å²) in [5, 5.41) is 9.05. The highest BCUT2D eigenvalue weighted by molar-refractivity contribution is 6.05. The number of nitrogens with one attached hydrogen (secondary N) is 2. The van der Waals surface area contributed by atoms with E-state index in [-0.39, 0.29) is 48.3 Å². The minimum atomic E-state index is -0.700. The van der Waals surface area contributed by atoms with E-state index in [1.807, 2.05) is 48.5 Å². The Labute approximate surface area is 296 Å². The van der Waals surface area contributed by atoms with Crippen molar-refractivity contribution in [1.29, 1.82) is 0 Å². The summed E-state index contributed by atoms with van der Waals surface area (Å²) in [5.74, 6) is -1.96. The zero-order chi connectivity index (χ0) is 35.6. The van der Waals surface area contributed by atoms with Crippen LogP contribution in [-0.2, 0) is 36.6 Å². The molecule has 0 unspecified atom stereocenters. The maximum atomic E-state index is 13.7. The van der Waals surface area contributed by atoms with Crippen LogP contribution in [0.2, 0.25) is 0 Å². The summed E-state index contributed by atoms with van der Waals surface area (Å²) in [4.78, 5) is 54.2. The minimum Gasteiger partial charge on any atom is -0.425 e. The van der Waals surface area contributed by atoms with Crippen molar-refractivity contribution in [3.63, 3.8) is 0 Å². The molecule has 2 amide bonds. The van der Waals surface area contributed by atoms with Gasteiger partial charge in [-0.2, -0.15) is 0 Å². The Kier molecular flexibility index (Phi) is 12.1. The molecule has 0 saturated heterocycles. The van der Waals surface area contributed by atoms with Crippen molar-refractivity contribution >= 4 is 45.3 Å². The summed E-state index contributed by atoms with van der Waals surface area (Å²) in [6.45, 7) is 7.55. The summed E-state index contributed by atoms with van der Waals surface area (Å²) < 4.78 is 28.8. The number of carbonyl (C=O) groups excluding carboxylic acids is 4. The van der Waals surface area contributed by atoms with Gasteiger partial charge in [-0.05, 0) is 59.4 Å². The molecule has 2 heterocycles. The van der Waals surface area contributed by atoms with Gasteiger partial charge in [0.1, 0.15) is 11.5 Å². The predicted molar refractivity (Wildman–Crippen MR) is 191 cm³/mol. The van der Waals surface area contributed by atoms with Gasteiger partial charge in [0.25, 0.3) is 11.8 Å². The average Bonchev–Trinajstić information content (AvgIpc) is 3.13. The summed E-state index contributed by atoms with van der Waals surface area (Å²) in [6.07, 6.45) is 0.984. The Balaban J connectivity index is 1.45. The number of allylic oxidation sites excluding steroid dienone is 1. The number of ether oxygens (including phenoxy) is 5. The first-order valence-corrected chi connectivity index (χ1v) is 17.4. The molecule has 0 radical (unpaired) electrons. The highest BCUT2D eigenvalue weighted by Crippen LogP contribution is 2.38. The minimum absolute atomic E-state index is 0.127. The van der Waals surface area contributed by atoms with Gasteiger partial charge in [-0.1, -0.05) is 60.7 Å². The Hall–Kier alpha value is -5.10. The number of benzene rings is 4. The SMILES string of the molecule is C=C1Cc2c3c(cc4ccccc24)C(=O)NCCCOCCOCCOCCCNC(=O)c2cc4ccccc4c(c2OC(=O)CCC(=O)O3)C1. The Morgan fingerprint density at radius 1 is 0.549 bits per heavy atom. The number of hydrogen-bond donors (Lipinski definition) is 2. The van der Waals surface area contributed by atoms with Crippen LogP contribution in [0.15, 0.2) is 72.8 Å². The first kappa shape index (κ1) is 35.7. The molecule has 51 heavy (non-hydrogen) atoms. The first-order valence-electron chi connectivity index (χ1n) is 17.4. The van der Waals surface area contributed by atoms with Crippen LogP contribution in [0, 0.1) is 0 Å². The molecule has 6 bridgehead atoms. The summed E-state index contributed by atoms with van der Waals surface area (Å²) >= 11 is 0. The molecule has 0 fully saturated rings. The monoisotopic (exact) mass is 694 g/mol. The highest BCUT2D eigenvalue weighted by atomic mass is 16.5. The largest absolute Gasteiger partial charge is 0.425 e.